The Kier molecular flexibility index (Phi) is 7.12. The molecule has 0 saturated heterocycles. The van der Waals surface area contributed by atoms with E-state index in [1.54, 1.807) is 19.1 Å². The maximum Gasteiger partial charge on any atom is 0.271 e. The van der Waals surface area contributed by atoms with Crippen LogP contribution < -0.4 is 10.7 Å². The summed E-state index contributed by atoms with van der Waals surface area (Å²) in [6, 6.07) is 16.9. The van der Waals surface area contributed by atoms with Crippen LogP contribution in [0.2, 0.25) is 0 Å². The highest BCUT2D eigenvalue weighted by atomic mass is 127. The molecule has 2 aromatic carbocycles. The highest BCUT2D eigenvalue weighted by molar-refractivity contribution is 14.1. The summed E-state index contributed by atoms with van der Waals surface area (Å²) in [6.07, 6.45) is 0.129. The molecule has 0 spiro atoms. The molecule has 1 atom stereocenters. The predicted octanol–water partition coefficient (Wildman–Crippen LogP) is 3.66. The zero-order chi connectivity index (χ0) is 18.2. The lowest BCUT2D eigenvalue weighted by molar-refractivity contribution is -0.120. The number of amides is 2. The van der Waals surface area contributed by atoms with Gasteiger partial charge < -0.3 is 5.32 Å². The summed E-state index contributed by atoms with van der Waals surface area (Å²) >= 11 is 2.14. The predicted molar refractivity (Wildman–Crippen MR) is 107 cm³/mol. The van der Waals surface area contributed by atoms with Crippen LogP contribution in [-0.2, 0) is 4.79 Å². The fraction of sp³-hybridized carbons (Fsp3) is 0.211. The van der Waals surface area contributed by atoms with Gasteiger partial charge in [-0.05, 0) is 60.2 Å². The van der Waals surface area contributed by atoms with Gasteiger partial charge in [0.25, 0.3) is 5.91 Å². The minimum Gasteiger partial charge on any atom is -0.349 e. The van der Waals surface area contributed by atoms with Crippen LogP contribution in [0.15, 0.2) is 59.7 Å². The molecule has 0 saturated carbocycles. The Hall–Kier alpha value is -2.22. The average molecular weight is 449 g/mol. The van der Waals surface area contributed by atoms with Crippen LogP contribution in [0, 0.1) is 3.57 Å². The van der Waals surface area contributed by atoms with Crippen molar-refractivity contribution in [3.8, 4) is 0 Å². The van der Waals surface area contributed by atoms with Gasteiger partial charge in [0.05, 0.1) is 12.5 Å². The number of hydrazone groups is 1. The summed E-state index contributed by atoms with van der Waals surface area (Å²) in [5.74, 6) is -0.433. The van der Waals surface area contributed by atoms with E-state index in [0.717, 1.165) is 9.13 Å². The van der Waals surface area contributed by atoms with Gasteiger partial charge in [-0.1, -0.05) is 36.4 Å². The first-order valence-electron chi connectivity index (χ1n) is 7.89. The molecule has 6 heteroatoms. The molecular weight excluding hydrogens is 429 g/mol. The van der Waals surface area contributed by atoms with Gasteiger partial charge in [0.15, 0.2) is 0 Å². The number of benzene rings is 2. The molecule has 2 amide bonds. The molecule has 25 heavy (non-hydrogen) atoms. The number of nitrogens with one attached hydrogen (secondary N) is 2. The van der Waals surface area contributed by atoms with E-state index in [1.807, 2.05) is 49.4 Å². The molecule has 2 aromatic rings. The van der Waals surface area contributed by atoms with Crippen LogP contribution in [0.25, 0.3) is 0 Å². The second-order valence-corrected chi connectivity index (χ2v) is 6.92. The first-order valence-corrected chi connectivity index (χ1v) is 8.97. The Balaban J connectivity index is 1.86. The number of halogens is 1. The van der Waals surface area contributed by atoms with E-state index < -0.39 is 0 Å². The van der Waals surface area contributed by atoms with Crippen molar-refractivity contribution in [1.82, 2.24) is 10.7 Å². The number of nitrogens with zero attached hydrogens (tertiary/aromatic N) is 1. The van der Waals surface area contributed by atoms with E-state index in [1.165, 1.54) is 0 Å². The topological polar surface area (TPSA) is 70.6 Å². The highest BCUT2D eigenvalue weighted by Gasteiger charge is 2.11. The van der Waals surface area contributed by atoms with Crippen molar-refractivity contribution in [2.24, 2.45) is 5.10 Å². The van der Waals surface area contributed by atoms with Gasteiger partial charge in [0.2, 0.25) is 5.91 Å². The number of hydrogen-bond donors (Lipinski definition) is 2. The lowest BCUT2D eigenvalue weighted by Crippen LogP contribution is -2.28. The van der Waals surface area contributed by atoms with E-state index >= 15 is 0 Å². The van der Waals surface area contributed by atoms with E-state index in [9.17, 15) is 9.59 Å². The minimum absolute atomic E-state index is 0.0810. The summed E-state index contributed by atoms with van der Waals surface area (Å²) in [7, 11) is 0. The van der Waals surface area contributed by atoms with E-state index in [2.05, 4.69) is 38.4 Å². The molecule has 2 rings (SSSR count). The molecule has 0 fully saturated rings. The number of carbonyl (C=O) groups excluding carboxylic acids is 2. The Morgan fingerprint density at radius 2 is 1.84 bits per heavy atom. The first kappa shape index (κ1) is 19.1. The Morgan fingerprint density at radius 1 is 1.12 bits per heavy atom. The second kappa shape index (κ2) is 9.31. The van der Waals surface area contributed by atoms with E-state index in [4.69, 9.17) is 0 Å². The molecule has 0 aliphatic heterocycles. The van der Waals surface area contributed by atoms with Gasteiger partial charge in [0, 0.05) is 14.8 Å². The summed E-state index contributed by atoms with van der Waals surface area (Å²) in [6.45, 7) is 3.64. The maximum absolute atomic E-state index is 12.1. The Morgan fingerprint density at radius 3 is 2.52 bits per heavy atom. The molecule has 2 N–H and O–H groups in total. The van der Waals surface area contributed by atoms with Gasteiger partial charge >= 0.3 is 0 Å². The van der Waals surface area contributed by atoms with Gasteiger partial charge in [-0.25, -0.2) is 5.43 Å². The summed E-state index contributed by atoms with van der Waals surface area (Å²) < 4.78 is 0.972. The van der Waals surface area contributed by atoms with Gasteiger partial charge in [-0.2, -0.15) is 5.10 Å². The van der Waals surface area contributed by atoms with Crippen LogP contribution in [-0.4, -0.2) is 17.5 Å². The molecule has 0 aliphatic carbocycles. The maximum atomic E-state index is 12.1. The lowest BCUT2D eigenvalue weighted by atomic mass is 10.1. The molecule has 0 aliphatic rings. The molecule has 0 bridgehead atoms. The van der Waals surface area contributed by atoms with E-state index in [-0.39, 0.29) is 24.3 Å². The molecular formula is C19H20IN3O2. The summed E-state index contributed by atoms with van der Waals surface area (Å²) in [5, 5.41) is 6.92. The summed E-state index contributed by atoms with van der Waals surface area (Å²) in [5.41, 5.74) is 4.59. The van der Waals surface area contributed by atoms with Crippen molar-refractivity contribution in [2.45, 2.75) is 26.3 Å². The van der Waals surface area contributed by atoms with Gasteiger partial charge in [-0.15, -0.1) is 0 Å². The monoisotopic (exact) mass is 449 g/mol. The number of carbonyl (C=O) groups is 2. The Bertz CT molecular complexity index is 775. The van der Waals surface area contributed by atoms with Crippen LogP contribution in [0.1, 0.15) is 42.2 Å². The van der Waals surface area contributed by atoms with Crippen molar-refractivity contribution < 1.29 is 9.59 Å². The van der Waals surface area contributed by atoms with Crippen LogP contribution in [0.3, 0.4) is 0 Å². The Labute approximate surface area is 161 Å². The van der Waals surface area contributed by atoms with Gasteiger partial charge in [0.1, 0.15) is 0 Å². The third-order valence-electron chi connectivity index (χ3n) is 3.53. The van der Waals surface area contributed by atoms with Crippen molar-refractivity contribution in [2.75, 3.05) is 0 Å². The van der Waals surface area contributed by atoms with E-state index in [0.29, 0.717) is 11.3 Å². The molecule has 0 aromatic heterocycles. The third kappa shape index (κ3) is 6.30. The SMILES string of the molecule is C/C(CC(=O)NC(C)c1ccccc1)=N\NC(=O)c1cccc(I)c1. The zero-order valence-electron chi connectivity index (χ0n) is 14.1. The molecule has 130 valence electrons. The van der Waals surface area contributed by atoms with Gasteiger partial charge in [-0.3, -0.25) is 9.59 Å². The fourth-order valence-electron chi connectivity index (χ4n) is 2.23. The van der Waals surface area contributed by atoms with Crippen LogP contribution in [0.4, 0.5) is 0 Å². The van der Waals surface area contributed by atoms with Crippen molar-refractivity contribution in [3.63, 3.8) is 0 Å². The first-order chi connectivity index (χ1) is 12.0. The van der Waals surface area contributed by atoms with Crippen LogP contribution >= 0.6 is 22.6 Å². The van der Waals surface area contributed by atoms with Crippen molar-refractivity contribution in [3.05, 3.63) is 69.3 Å². The summed E-state index contributed by atoms with van der Waals surface area (Å²) in [4.78, 5) is 24.1. The number of rotatable bonds is 6. The number of hydrogen-bond acceptors (Lipinski definition) is 3. The largest absolute Gasteiger partial charge is 0.349 e. The molecule has 1 unspecified atom stereocenters. The average Bonchev–Trinajstić information content (AvgIpc) is 2.60. The normalized spacial score (nSPS) is 12.4. The highest BCUT2D eigenvalue weighted by Crippen LogP contribution is 2.11. The second-order valence-electron chi connectivity index (χ2n) is 5.68. The smallest absolute Gasteiger partial charge is 0.271 e. The lowest BCUT2D eigenvalue weighted by Gasteiger charge is -2.14. The molecule has 5 nitrogen and oxygen atoms in total. The van der Waals surface area contributed by atoms with Crippen molar-refractivity contribution in [1.29, 1.82) is 0 Å². The van der Waals surface area contributed by atoms with Crippen molar-refractivity contribution >= 4 is 40.1 Å². The molecule has 0 radical (unpaired) electrons. The quantitative estimate of drug-likeness (QED) is 0.402. The standard InChI is InChI=1S/C19H20IN3O2/c1-13(22-23-19(25)16-9-6-10-17(20)12-16)11-18(24)21-14(2)15-7-4-3-5-8-15/h3-10,12,14H,11H2,1-2H3,(H,21,24)(H,23,25)/b22-13+. The van der Waals surface area contributed by atoms with Crippen LogP contribution in [0.5, 0.6) is 0 Å². The zero-order valence-corrected chi connectivity index (χ0v) is 16.3. The minimum atomic E-state index is -0.295. The third-order valence-corrected chi connectivity index (χ3v) is 4.20. The molecule has 0 heterocycles. The fourth-order valence-corrected chi connectivity index (χ4v) is 2.77.